The van der Waals surface area contributed by atoms with Crippen molar-refractivity contribution in [1.29, 1.82) is 0 Å². The summed E-state index contributed by atoms with van der Waals surface area (Å²) in [5.41, 5.74) is 2.10. The minimum absolute atomic E-state index is 0.0389. The molecule has 0 spiro atoms. The summed E-state index contributed by atoms with van der Waals surface area (Å²) >= 11 is 0. The van der Waals surface area contributed by atoms with Crippen molar-refractivity contribution in [2.45, 2.75) is 18.4 Å². The second-order valence-corrected chi connectivity index (χ2v) is 8.85. The lowest BCUT2D eigenvalue weighted by atomic mass is 10.2. The number of pyridine rings is 2. The summed E-state index contributed by atoms with van der Waals surface area (Å²) < 4.78 is 33.9. The van der Waals surface area contributed by atoms with Gasteiger partial charge in [0.2, 0.25) is 5.82 Å². The average Bonchev–Trinajstić information content (AvgIpc) is 2.85. The van der Waals surface area contributed by atoms with Crippen LogP contribution in [-0.2, 0) is 16.6 Å². The zero-order valence-electron chi connectivity index (χ0n) is 18.0. The summed E-state index contributed by atoms with van der Waals surface area (Å²) in [6.07, 6.45) is 7.46. The van der Waals surface area contributed by atoms with Crippen LogP contribution in [0.2, 0.25) is 0 Å². The number of ether oxygens (including phenoxy) is 1. The largest absolute Gasteiger partial charge is 0.470 e. The Morgan fingerprint density at radius 2 is 1.74 bits per heavy atom. The molecule has 1 aromatic carbocycles. The predicted molar refractivity (Wildman–Crippen MR) is 125 cm³/mol. The van der Waals surface area contributed by atoms with Crippen LogP contribution in [0.4, 0.5) is 11.5 Å². The summed E-state index contributed by atoms with van der Waals surface area (Å²) in [5.74, 6) is -0.843. The van der Waals surface area contributed by atoms with Gasteiger partial charge in [0.05, 0.1) is 11.1 Å². The Kier molecular flexibility index (Phi) is 6.74. The molecule has 0 radical (unpaired) electrons. The molecule has 3 aromatic heterocycles. The number of anilines is 2. The van der Waals surface area contributed by atoms with Gasteiger partial charge in [0.25, 0.3) is 21.8 Å². The molecule has 0 saturated heterocycles. The minimum Gasteiger partial charge on any atom is -0.470 e. The zero-order valence-corrected chi connectivity index (χ0v) is 18.9. The van der Waals surface area contributed by atoms with Gasteiger partial charge in [0, 0.05) is 36.0 Å². The third-order valence-corrected chi connectivity index (χ3v) is 5.93. The number of nitrogens with one attached hydrogen (secondary N) is 2. The fraction of sp³-hybridized carbons (Fsp3) is 0.0870. The van der Waals surface area contributed by atoms with Crippen LogP contribution in [0.1, 0.15) is 21.6 Å². The summed E-state index contributed by atoms with van der Waals surface area (Å²) in [6, 6.07) is 13.1. The van der Waals surface area contributed by atoms with Crippen LogP contribution in [-0.4, -0.2) is 34.3 Å². The smallest absolute Gasteiger partial charge is 0.276 e. The van der Waals surface area contributed by atoms with E-state index in [0.717, 1.165) is 11.1 Å². The standard InChI is InChI=1S/C23H20N6O4S/c1-16-4-6-19(7-5-16)34(31,32)29-21-23(33-15-17-3-2-10-25-13-17)28-20(14-26-21)22(30)27-18-8-11-24-12-9-18/h2-14H,15H2,1H3,(H,26,29)(H,24,27,30). The lowest BCUT2D eigenvalue weighted by molar-refractivity contribution is 0.102. The molecule has 0 bridgehead atoms. The molecule has 0 aliphatic carbocycles. The van der Waals surface area contributed by atoms with Gasteiger partial charge in [0.1, 0.15) is 6.61 Å². The second kappa shape index (κ2) is 10.0. The number of hydrogen-bond acceptors (Lipinski definition) is 8. The van der Waals surface area contributed by atoms with Crippen LogP contribution < -0.4 is 14.8 Å². The first-order valence-corrected chi connectivity index (χ1v) is 11.6. The molecule has 172 valence electrons. The number of rotatable bonds is 8. The monoisotopic (exact) mass is 476 g/mol. The maximum atomic E-state index is 12.9. The Bertz CT molecular complexity index is 1380. The van der Waals surface area contributed by atoms with E-state index >= 15 is 0 Å². The van der Waals surface area contributed by atoms with Crippen molar-refractivity contribution in [2.75, 3.05) is 10.0 Å². The van der Waals surface area contributed by atoms with Crippen molar-refractivity contribution in [1.82, 2.24) is 19.9 Å². The molecule has 4 rings (SSSR count). The van der Waals surface area contributed by atoms with Gasteiger partial charge in [-0.2, -0.15) is 0 Å². The van der Waals surface area contributed by atoms with Crippen LogP contribution in [0.15, 0.2) is 84.4 Å². The maximum absolute atomic E-state index is 12.9. The lowest BCUT2D eigenvalue weighted by Crippen LogP contribution is -2.18. The molecule has 10 nitrogen and oxygen atoms in total. The van der Waals surface area contributed by atoms with Crippen molar-refractivity contribution >= 4 is 27.4 Å². The number of sulfonamides is 1. The van der Waals surface area contributed by atoms with Crippen LogP contribution in [0.25, 0.3) is 0 Å². The lowest BCUT2D eigenvalue weighted by Gasteiger charge is -2.13. The van der Waals surface area contributed by atoms with Crippen molar-refractivity contribution in [3.8, 4) is 5.88 Å². The quantitative estimate of drug-likeness (QED) is 0.396. The number of carbonyl (C=O) groups is 1. The molecular formula is C23H20N6O4S. The minimum atomic E-state index is -3.97. The highest BCUT2D eigenvalue weighted by atomic mass is 32.2. The van der Waals surface area contributed by atoms with Gasteiger partial charge in [0.15, 0.2) is 5.69 Å². The van der Waals surface area contributed by atoms with Crippen molar-refractivity contribution in [3.63, 3.8) is 0 Å². The molecule has 0 fully saturated rings. The average molecular weight is 477 g/mol. The van der Waals surface area contributed by atoms with Gasteiger partial charge in [-0.25, -0.2) is 18.4 Å². The number of aromatic nitrogens is 4. The number of amides is 1. The third-order valence-electron chi connectivity index (χ3n) is 4.57. The molecule has 0 saturated carbocycles. The zero-order chi connectivity index (χ0) is 24.0. The van der Waals surface area contributed by atoms with Gasteiger partial charge in [-0.3, -0.25) is 19.5 Å². The number of benzene rings is 1. The molecule has 0 aliphatic rings. The molecular weight excluding hydrogens is 456 g/mol. The number of aryl methyl sites for hydroxylation is 1. The molecule has 3 heterocycles. The fourth-order valence-electron chi connectivity index (χ4n) is 2.82. The van der Waals surface area contributed by atoms with Crippen molar-refractivity contribution < 1.29 is 17.9 Å². The van der Waals surface area contributed by atoms with E-state index in [-0.39, 0.29) is 28.9 Å². The van der Waals surface area contributed by atoms with E-state index in [2.05, 4.69) is 30.0 Å². The summed E-state index contributed by atoms with van der Waals surface area (Å²) in [6.45, 7) is 1.90. The number of hydrogen-bond donors (Lipinski definition) is 2. The highest BCUT2D eigenvalue weighted by Gasteiger charge is 2.21. The molecule has 11 heteroatoms. The van der Waals surface area contributed by atoms with Crippen LogP contribution in [0.5, 0.6) is 5.88 Å². The molecule has 34 heavy (non-hydrogen) atoms. The van der Waals surface area contributed by atoms with E-state index in [1.165, 1.54) is 30.7 Å². The van der Waals surface area contributed by atoms with Crippen molar-refractivity contribution in [3.05, 3.63) is 96.3 Å². The predicted octanol–water partition coefficient (Wildman–Crippen LogP) is 3.21. The van der Waals surface area contributed by atoms with Gasteiger partial charge < -0.3 is 10.1 Å². The Balaban J connectivity index is 1.62. The Labute approximate surface area is 196 Å². The summed E-state index contributed by atoms with van der Waals surface area (Å²) in [7, 11) is -3.97. The SMILES string of the molecule is Cc1ccc(S(=O)(=O)Nc2ncc(C(=O)Nc3ccncc3)nc2OCc2cccnc2)cc1. The maximum Gasteiger partial charge on any atom is 0.276 e. The van der Waals surface area contributed by atoms with E-state index in [4.69, 9.17) is 4.74 Å². The Morgan fingerprint density at radius 1 is 0.971 bits per heavy atom. The van der Waals surface area contributed by atoms with Crippen LogP contribution >= 0.6 is 0 Å². The van der Waals surface area contributed by atoms with E-state index < -0.39 is 15.9 Å². The van der Waals surface area contributed by atoms with Gasteiger partial charge in [-0.1, -0.05) is 23.8 Å². The Morgan fingerprint density at radius 3 is 2.44 bits per heavy atom. The number of nitrogens with zero attached hydrogens (tertiary/aromatic N) is 4. The van der Waals surface area contributed by atoms with E-state index in [0.29, 0.717) is 5.69 Å². The van der Waals surface area contributed by atoms with Crippen LogP contribution in [0.3, 0.4) is 0 Å². The van der Waals surface area contributed by atoms with E-state index in [1.54, 1.807) is 48.8 Å². The molecule has 2 N–H and O–H groups in total. The fourth-order valence-corrected chi connectivity index (χ4v) is 3.83. The normalized spacial score (nSPS) is 11.0. The van der Waals surface area contributed by atoms with Gasteiger partial charge in [-0.15, -0.1) is 0 Å². The third kappa shape index (κ3) is 5.70. The van der Waals surface area contributed by atoms with E-state index in [9.17, 15) is 13.2 Å². The second-order valence-electron chi connectivity index (χ2n) is 7.17. The first-order valence-electron chi connectivity index (χ1n) is 10.1. The molecule has 0 atom stereocenters. The van der Waals surface area contributed by atoms with Gasteiger partial charge in [-0.05, 0) is 37.3 Å². The Hall–Kier alpha value is -4.38. The molecule has 0 unspecified atom stereocenters. The highest BCUT2D eigenvalue weighted by molar-refractivity contribution is 7.92. The molecule has 1 amide bonds. The van der Waals surface area contributed by atoms with E-state index in [1.807, 2.05) is 6.92 Å². The highest BCUT2D eigenvalue weighted by Crippen LogP contribution is 2.24. The topological polar surface area (TPSA) is 136 Å². The van der Waals surface area contributed by atoms with Crippen molar-refractivity contribution in [2.24, 2.45) is 0 Å². The first kappa shape index (κ1) is 22.8. The number of carbonyl (C=O) groups excluding carboxylic acids is 1. The van der Waals surface area contributed by atoms with Gasteiger partial charge >= 0.3 is 0 Å². The molecule has 0 aliphatic heterocycles. The first-order chi connectivity index (χ1) is 16.4. The summed E-state index contributed by atoms with van der Waals surface area (Å²) in [5, 5.41) is 2.67. The van der Waals surface area contributed by atoms with Crippen LogP contribution in [0, 0.1) is 6.92 Å². The molecule has 4 aromatic rings. The summed E-state index contributed by atoms with van der Waals surface area (Å²) in [4.78, 5) is 29.0.